The number of allylic oxidation sites excluding steroid dienone is 1. The van der Waals surface area contributed by atoms with Gasteiger partial charge in [-0.15, -0.1) is 0 Å². The molecule has 0 aliphatic heterocycles. The van der Waals surface area contributed by atoms with Crippen molar-refractivity contribution in [2.24, 2.45) is 63.9 Å². The Bertz CT molecular complexity index is 780. The molecule has 0 aromatic heterocycles. The topological polar surface area (TPSA) is 63.3 Å². The molecule has 0 radical (unpaired) electrons. The predicted molar refractivity (Wildman–Crippen MR) is 144 cm³/mol. The van der Waals surface area contributed by atoms with E-state index in [9.17, 15) is 9.90 Å². The molecule has 2 unspecified atom stereocenters. The monoisotopic (exact) mass is 535 g/mol. The van der Waals surface area contributed by atoms with Crippen molar-refractivity contribution in [2.75, 3.05) is 5.33 Å². The molecule has 0 spiro atoms. The first-order valence-corrected chi connectivity index (χ1v) is 15.4. The third-order valence-corrected chi connectivity index (χ3v) is 11.8. The molecule has 1 amide bonds. The third-order valence-electron chi connectivity index (χ3n) is 11.3. The molecule has 3 nitrogen and oxygen atoms in total. The lowest BCUT2D eigenvalue weighted by Gasteiger charge is -2.59. The van der Waals surface area contributed by atoms with E-state index in [1.165, 1.54) is 37.7 Å². The zero-order chi connectivity index (χ0) is 24.8. The van der Waals surface area contributed by atoms with Crippen molar-refractivity contribution in [3.8, 4) is 0 Å². The van der Waals surface area contributed by atoms with E-state index in [1.807, 2.05) is 0 Å². The fourth-order valence-corrected chi connectivity index (χ4v) is 10.3. The van der Waals surface area contributed by atoms with Crippen LogP contribution in [-0.4, -0.2) is 22.4 Å². The molecule has 3 N–H and O–H groups in total. The molecule has 0 heterocycles. The Morgan fingerprint density at radius 1 is 1.24 bits per heavy atom. The lowest BCUT2D eigenvalue weighted by atomic mass is 9.46. The van der Waals surface area contributed by atoms with Gasteiger partial charge in [-0.2, -0.15) is 0 Å². The molecule has 3 fully saturated rings. The van der Waals surface area contributed by atoms with Crippen molar-refractivity contribution in [1.82, 2.24) is 0 Å². The van der Waals surface area contributed by atoms with Crippen molar-refractivity contribution in [1.29, 1.82) is 0 Å². The van der Waals surface area contributed by atoms with Gasteiger partial charge >= 0.3 is 0 Å². The van der Waals surface area contributed by atoms with Crippen molar-refractivity contribution >= 4 is 21.8 Å². The highest BCUT2D eigenvalue weighted by molar-refractivity contribution is 9.09. The van der Waals surface area contributed by atoms with Gasteiger partial charge < -0.3 is 10.8 Å². The molecule has 0 aromatic rings. The average Bonchev–Trinajstić information content (AvgIpc) is 3.08. The highest BCUT2D eigenvalue weighted by Gasteiger charge is 2.63. The van der Waals surface area contributed by atoms with E-state index in [1.54, 1.807) is 0 Å². The molecule has 0 aromatic carbocycles. The SMILES string of the molecule is CC(C)CCC[C@@H](C)[C@H]1C(C(N)=O)C[C@H]2[C@@H]3CC=C4C[C@@H](O)C(CCBr)C[C@]4(C)[C@H]3CC[C@]12C. The number of alkyl halides is 1. The number of amides is 1. The number of aliphatic hydroxyl groups is 1. The van der Waals surface area contributed by atoms with E-state index in [2.05, 4.69) is 56.6 Å². The van der Waals surface area contributed by atoms with Gasteiger partial charge in [0, 0.05) is 11.2 Å². The maximum atomic E-state index is 12.8. The van der Waals surface area contributed by atoms with E-state index in [0.29, 0.717) is 35.5 Å². The maximum absolute atomic E-state index is 12.8. The minimum absolute atomic E-state index is 0.0373. The summed E-state index contributed by atoms with van der Waals surface area (Å²) in [5, 5.41) is 11.8. The summed E-state index contributed by atoms with van der Waals surface area (Å²) in [4.78, 5) is 12.8. The van der Waals surface area contributed by atoms with Crippen LogP contribution in [0.4, 0.5) is 0 Å². The lowest BCUT2D eigenvalue weighted by molar-refractivity contribution is -0.124. The van der Waals surface area contributed by atoms with Gasteiger partial charge in [-0.3, -0.25) is 4.79 Å². The summed E-state index contributed by atoms with van der Waals surface area (Å²) < 4.78 is 0. The number of aliphatic hydroxyl groups excluding tert-OH is 1. The van der Waals surface area contributed by atoms with Crippen molar-refractivity contribution < 1.29 is 9.90 Å². The van der Waals surface area contributed by atoms with Gasteiger partial charge in [0.25, 0.3) is 0 Å². The van der Waals surface area contributed by atoms with Gasteiger partial charge in [0.1, 0.15) is 0 Å². The second-order valence-corrected chi connectivity index (χ2v) is 14.4. The number of hydrogen-bond acceptors (Lipinski definition) is 2. The van der Waals surface area contributed by atoms with E-state index in [4.69, 9.17) is 5.73 Å². The number of carbonyl (C=O) groups is 1. The molecule has 0 saturated heterocycles. The van der Waals surface area contributed by atoms with Crippen LogP contribution in [0.25, 0.3) is 0 Å². The van der Waals surface area contributed by atoms with Crippen LogP contribution in [0.1, 0.15) is 98.8 Å². The Hall–Kier alpha value is -0.350. The van der Waals surface area contributed by atoms with E-state index in [-0.39, 0.29) is 28.8 Å². The number of rotatable bonds is 8. The fourth-order valence-electron chi connectivity index (χ4n) is 9.72. The third kappa shape index (κ3) is 4.57. The Morgan fingerprint density at radius 3 is 2.62 bits per heavy atom. The molecule has 4 heteroatoms. The Labute approximate surface area is 217 Å². The summed E-state index contributed by atoms with van der Waals surface area (Å²) in [6, 6.07) is 0. The van der Waals surface area contributed by atoms with Crippen molar-refractivity contribution in [2.45, 2.75) is 105 Å². The average molecular weight is 537 g/mol. The van der Waals surface area contributed by atoms with Crippen LogP contribution < -0.4 is 5.73 Å². The van der Waals surface area contributed by atoms with Crippen LogP contribution in [0.2, 0.25) is 0 Å². The number of carbonyl (C=O) groups excluding carboxylic acids is 1. The highest BCUT2D eigenvalue weighted by atomic mass is 79.9. The minimum atomic E-state index is -0.191. The van der Waals surface area contributed by atoms with Gasteiger partial charge in [0.05, 0.1) is 6.10 Å². The van der Waals surface area contributed by atoms with E-state index < -0.39 is 0 Å². The van der Waals surface area contributed by atoms with Crippen LogP contribution in [0, 0.1) is 58.2 Å². The molecule has 4 rings (SSSR count). The second kappa shape index (κ2) is 10.2. The van der Waals surface area contributed by atoms with Crippen LogP contribution in [0.5, 0.6) is 0 Å². The summed E-state index contributed by atoms with van der Waals surface area (Å²) >= 11 is 3.63. The molecule has 34 heavy (non-hydrogen) atoms. The summed E-state index contributed by atoms with van der Waals surface area (Å²) in [6.45, 7) is 12.1. The Kier molecular flexibility index (Phi) is 8.00. The Balaban J connectivity index is 1.59. The van der Waals surface area contributed by atoms with Crippen molar-refractivity contribution in [3.05, 3.63) is 11.6 Å². The highest BCUT2D eigenvalue weighted by Crippen LogP contribution is 2.69. The number of fused-ring (bicyclic) bond motifs is 5. The second-order valence-electron chi connectivity index (χ2n) is 13.6. The van der Waals surface area contributed by atoms with E-state index >= 15 is 0 Å². The summed E-state index contributed by atoms with van der Waals surface area (Å²) in [5.74, 6) is 4.03. The predicted octanol–water partition coefficient (Wildman–Crippen LogP) is 7.11. The van der Waals surface area contributed by atoms with Crippen LogP contribution in [0.3, 0.4) is 0 Å². The fraction of sp³-hybridized carbons (Fsp3) is 0.900. The van der Waals surface area contributed by atoms with Gasteiger partial charge in [-0.05, 0) is 97.2 Å². The van der Waals surface area contributed by atoms with Crippen molar-refractivity contribution in [3.63, 3.8) is 0 Å². The number of primary amides is 1. The van der Waals surface area contributed by atoms with Crippen LogP contribution in [0.15, 0.2) is 11.6 Å². The first-order chi connectivity index (χ1) is 16.0. The molecule has 10 atom stereocenters. The summed E-state index contributed by atoms with van der Waals surface area (Å²) in [7, 11) is 0. The molecule has 194 valence electrons. The number of hydrogen-bond donors (Lipinski definition) is 2. The zero-order valence-electron chi connectivity index (χ0n) is 22.4. The van der Waals surface area contributed by atoms with Crippen LogP contribution >= 0.6 is 15.9 Å². The van der Waals surface area contributed by atoms with E-state index in [0.717, 1.165) is 43.4 Å². The Morgan fingerprint density at radius 2 is 1.97 bits per heavy atom. The summed E-state index contributed by atoms with van der Waals surface area (Å²) in [6.07, 6.45) is 13.7. The smallest absolute Gasteiger partial charge is 0.220 e. The maximum Gasteiger partial charge on any atom is 0.220 e. The normalized spacial score (nSPS) is 44.7. The lowest BCUT2D eigenvalue weighted by Crippen LogP contribution is -2.52. The molecule has 3 saturated carbocycles. The molecular weight excluding hydrogens is 486 g/mol. The zero-order valence-corrected chi connectivity index (χ0v) is 23.9. The summed E-state index contributed by atoms with van der Waals surface area (Å²) in [5.41, 5.74) is 8.06. The van der Waals surface area contributed by atoms with Gasteiger partial charge in [-0.25, -0.2) is 0 Å². The van der Waals surface area contributed by atoms with Gasteiger partial charge in [-0.1, -0.05) is 81.5 Å². The minimum Gasteiger partial charge on any atom is -0.393 e. The number of halogens is 1. The first kappa shape index (κ1) is 26.7. The molecule has 4 aliphatic rings. The van der Waals surface area contributed by atoms with Gasteiger partial charge in [0.15, 0.2) is 0 Å². The molecule has 4 aliphatic carbocycles. The quantitative estimate of drug-likeness (QED) is 0.257. The van der Waals surface area contributed by atoms with Gasteiger partial charge in [0.2, 0.25) is 5.91 Å². The standard InChI is InChI=1S/C30H50BrNO2/c1-18(2)7-6-8-19(3)27-23(28(32)34)16-25-22-10-9-21-15-26(33)20(12-14-31)17-30(21,5)24(22)11-13-29(25,27)4/h9,18-20,22-27,33H,6-8,10-17H2,1-5H3,(H2,32,34)/t19-,20?,22-,23?,24+,25+,26-,27+,29+,30+/m1/s1. The molecule has 0 bridgehead atoms. The number of nitrogens with two attached hydrogens (primary N) is 1. The molecular formula is C30H50BrNO2. The van der Waals surface area contributed by atoms with Crippen LogP contribution in [-0.2, 0) is 4.79 Å². The largest absolute Gasteiger partial charge is 0.393 e. The first-order valence-electron chi connectivity index (χ1n) is 14.3.